The fraction of sp³-hybridized carbons (Fsp3) is 0.333. The summed E-state index contributed by atoms with van der Waals surface area (Å²) in [7, 11) is 0. The molecule has 0 aliphatic rings. The van der Waals surface area contributed by atoms with E-state index >= 15 is 0 Å². The van der Waals surface area contributed by atoms with Crippen molar-refractivity contribution in [2.45, 2.75) is 38.9 Å². The van der Waals surface area contributed by atoms with Crippen molar-refractivity contribution in [1.82, 2.24) is 19.7 Å². The number of anilines is 1. The Labute approximate surface area is 161 Å². The van der Waals surface area contributed by atoms with Gasteiger partial charge in [0.1, 0.15) is 5.82 Å². The van der Waals surface area contributed by atoms with Gasteiger partial charge in [-0.1, -0.05) is 42.1 Å². The largest absolute Gasteiger partial charge is 0.306 e. The molecule has 3 rings (SSSR count). The van der Waals surface area contributed by atoms with Crippen molar-refractivity contribution in [3.8, 4) is 0 Å². The molecule has 2 heterocycles. The molecule has 6 nitrogen and oxygen atoms in total. The first-order valence-electron chi connectivity index (χ1n) is 8.39. The molecule has 136 valence electrons. The van der Waals surface area contributed by atoms with Crippen molar-refractivity contribution in [3.05, 3.63) is 52.3 Å². The van der Waals surface area contributed by atoms with Crippen LogP contribution < -0.4 is 5.32 Å². The lowest BCUT2D eigenvalue weighted by molar-refractivity contribution is -0.113. The van der Waals surface area contributed by atoms with E-state index in [9.17, 15) is 4.79 Å². The highest BCUT2D eigenvalue weighted by molar-refractivity contribution is 7.99. The van der Waals surface area contributed by atoms with Crippen molar-refractivity contribution in [3.63, 3.8) is 0 Å². The Morgan fingerprint density at radius 3 is 2.65 bits per heavy atom. The van der Waals surface area contributed by atoms with Crippen molar-refractivity contribution >= 4 is 34.1 Å². The summed E-state index contributed by atoms with van der Waals surface area (Å²) in [6.07, 6.45) is 0.728. The van der Waals surface area contributed by atoms with Crippen molar-refractivity contribution in [2.24, 2.45) is 0 Å². The van der Waals surface area contributed by atoms with Crippen LogP contribution in [-0.2, 0) is 17.8 Å². The second-order valence-corrected chi connectivity index (χ2v) is 7.95. The van der Waals surface area contributed by atoms with Crippen LogP contribution >= 0.6 is 23.1 Å². The average molecular weight is 388 g/mol. The zero-order valence-corrected chi connectivity index (χ0v) is 16.7. The molecule has 0 spiro atoms. The molecule has 0 aliphatic carbocycles. The predicted octanol–water partition coefficient (Wildman–Crippen LogP) is 3.69. The number of nitrogens with zero attached hydrogens (tertiary/aromatic N) is 4. The quantitative estimate of drug-likeness (QED) is 0.626. The fourth-order valence-corrected chi connectivity index (χ4v) is 4.12. The zero-order valence-electron chi connectivity index (χ0n) is 15.0. The van der Waals surface area contributed by atoms with Gasteiger partial charge in [0, 0.05) is 17.8 Å². The smallest absolute Gasteiger partial charge is 0.236 e. The van der Waals surface area contributed by atoms with Gasteiger partial charge in [-0.2, -0.15) is 0 Å². The van der Waals surface area contributed by atoms with E-state index in [1.165, 1.54) is 28.7 Å². The van der Waals surface area contributed by atoms with Gasteiger partial charge < -0.3 is 9.88 Å². The number of hydrogen-bond acceptors (Lipinski definition) is 6. The van der Waals surface area contributed by atoms with Gasteiger partial charge in [-0.3, -0.25) is 4.79 Å². The van der Waals surface area contributed by atoms with Crippen LogP contribution in [0.4, 0.5) is 5.13 Å². The predicted molar refractivity (Wildman–Crippen MR) is 106 cm³/mol. The minimum atomic E-state index is -0.0842. The average Bonchev–Trinajstić information content (AvgIpc) is 3.16. The Morgan fingerprint density at radius 1 is 1.23 bits per heavy atom. The van der Waals surface area contributed by atoms with Gasteiger partial charge in [0.2, 0.25) is 5.91 Å². The van der Waals surface area contributed by atoms with E-state index in [1.54, 1.807) is 0 Å². The van der Waals surface area contributed by atoms with Crippen LogP contribution in [0.15, 0.2) is 35.5 Å². The molecule has 26 heavy (non-hydrogen) atoms. The molecule has 1 N–H and O–H groups in total. The first-order chi connectivity index (χ1) is 12.6. The molecule has 0 atom stereocenters. The minimum absolute atomic E-state index is 0.0842. The molecule has 0 radical (unpaired) electrons. The van der Waals surface area contributed by atoms with Crippen molar-refractivity contribution < 1.29 is 4.79 Å². The first-order valence-corrected chi connectivity index (χ1v) is 10.2. The van der Waals surface area contributed by atoms with E-state index in [4.69, 9.17) is 0 Å². The molecule has 0 fully saturated rings. The van der Waals surface area contributed by atoms with E-state index in [0.29, 0.717) is 5.13 Å². The third kappa shape index (κ3) is 4.50. The summed E-state index contributed by atoms with van der Waals surface area (Å²) in [5.41, 5.74) is 2.15. The summed E-state index contributed by atoms with van der Waals surface area (Å²) >= 11 is 2.89. The highest BCUT2D eigenvalue weighted by Crippen LogP contribution is 2.22. The Balaban J connectivity index is 1.61. The lowest BCUT2D eigenvalue weighted by atomic mass is 10.1. The number of hydrogen-bond donors (Lipinski definition) is 1. The number of carbonyl (C=O) groups is 1. The summed E-state index contributed by atoms with van der Waals surface area (Å²) < 4.78 is 2.06. The van der Waals surface area contributed by atoms with E-state index in [2.05, 4.69) is 44.1 Å². The van der Waals surface area contributed by atoms with Gasteiger partial charge >= 0.3 is 0 Å². The molecule has 0 saturated carbocycles. The third-order valence-electron chi connectivity index (χ3n) is 3.92. The van der Waals surface area contributed by atoms with Crippen molar-refractivity contribution in [2.75, 3.05) is 11.1 Å². The number of thiazole rings is 1. The van der Waals surface area contributed by atoms with Gasteiger partial charge in [0.15, 0.2) is 10.3 Å². The molecular formula is C18H21N5OS2. The van der Waals surface area contributed by atoms with Gasteiger partial charge in [-0.05, 0) is 26.3 Å². The fourth-order valence-electron chi connectivity index (χ4n) is 2.46. The summed E-state index contributed by atoms with van der Waals surface area (Å²) in [6.45, 7) is 6.76. The highest BCUT2D eigenvalue weighted by Gasteiger charge is 2.14. The van der Waals surface area contributed by atoms with Gasteiger partial charge in [0.25, 0.3) is 0 Å². The van der Waals surface area contributed by atoms with Gasteiger partial charge in [-0.15, -0.1) is 21.5 Å². The Kier molecular flexibility index (Phi) is 6.05. The van der Waals surface area contributed by atoms with Crippen LogP contribution in [0.1, 0.15) is 28.9 Å². The standard InChI is InChI=1S/C18H21N5OS2/c1-4-23-15(10-14-8-6-5-7-9-14)21-22-18(23)25-11-16(24)20-17-19-12(2)13(3)26-17/h5-9H,4,10-11H2,1-3H3,(H,19,20,24). The maximum absolute atomic E-state index is 12.2. The molecule has 0 unspecified atom stereocenters. The molecular weight excluding hydrogens is 366 g/mol. The van der Waals surface area contributed by atoms with Crippen LogP contribution in [-0.4, -0.2) is 31.4 Å². The number of benzene rings is 1. The lowest BCUT2D eigenvalue weighted by Gasteiger charge is -2.07. The zero-order chi connectivity index (χ0) is 18.5. The molecule has 8 heteroatoms. The SMILES string of the molecule is CCn1c(Cc2ccccc2)nnc1SCC(=O)Nc1nc(C)c(C)s1. The monoisotopic (exact) mass is 387 g/mol. The van der Waals surface area contributed by atoms with Crippen LogP contribution in [0, 0.1) is 13.8 Å². The maximum atomic E-state index is 12.2. The van der Waals surface area contributed by atoms with Crippen LogP contribution in [0.3, 0.4) is 0 Å². The Hall–Kier alpha value is -2.19. The Bertz CT molecular complexity index is 869. The summed E-state index contributed by atoms with van der Waals surface area (Å²) in [5, 5.41) is 12.8. The normalized spacial score (nSPS) is 10.9. The molecule has 0 aliphatic heterocycles. The summed E-state index contributed by atoms with van der Waals surface area (Å²) in [6, 6.07) is 10.2. The van der Waals surface area contributed by atoms with Crippen LogP contribution in [0.5, 0.6) is 0 Å². The van der Waals surface area contributed by atoms with Crippen LogP contribution in [0.2, 0.25) is 0 Å². The van der Waals surface area contributed by atoms with E-state index in [1.807, 2.05) is 32.0 Å². The van der Waals surface area contributed by atoms with Gasteiger partial charge in [0.05, 0.1) is 11.4 Å². The summed E-state index contributed by atoms with van der Waals surface area (Å²) in [5.74, 6) is 1.10. The van der Waals surface area contributed by atoms with Gasteiger partial charge in [-0.25, -0.2) is 4.98 Å². The number of thioether (sulfide) groups is 1. The lowest BCUT2D eigenvalue weighted by Crippen LogP contribution is -2.14. The van der Waals surface area contributed by atoms with Crippen LogP contribution in [0.25, 0.3) is 0 Å². The molecule has 2 aromatic heterocycles. The second-order valence-electron chi connectivity index (χ2n) is 5.80. The maximum Gasteiger partial charge on any atom is 0.236 e. The number of aromatic nitrogens is 4. The minimum Gasteiger partial charge on any atom is -0.306 e. The second kappa shape index (κ2) is 8.46. The number of amides is 1. The highest BCUT2D eigenvalue weighted by atomic mass is 32.2. The van der Waals surface area contributed by atoms with Crippen molar-refractivity contribution in [1.29, 1.82) is 0 Å². The van der Waals surface area contributed by atoms with E-state index < -0.39 is 0 Å². The van der Waals surface area contributed by atoms with E-state index in [-0.39, 0.29) is 11.7 Å². The first kappa shape index (κ1) is 18.6. The number of rotatable bonds is 7. The van der Waals surface area contributed by atoms with E-state index in [0.717, 1.165) is 34.5 Å². The molecule has 3 aromatic rings. The third-order valence-corrected chi connectivity index (χ3v) is 5.88. The molecule has 0 bridgehead atoms. The number of carbonyl (C=O) groups excluding carboxylic acids is 1. The summed E-state index contributed by atoms with van der Waals surface area (Å²) in [4.78, 5) is 17.6. The molecule has 0 saturated heterocycles. The Morgan fingerprint density at radius 2 is 2.00 bits per heavy atom. The topological polar surface area (TPSA) is 72.7 Å². The molecule has 1 amide bonds. The number of aryl methyl sites for hydroxylation is 2. The molecule has 1 aromatic carbocycles. The number of nitrogens with one attached hydrogen (secondary N) is 1.